The number of rotatable bonds is 2. The predicted molar refractivity (Wildman–Crippen MR) is 60.4 cm³/mol. The van der Waals surface area contributed by atoms with Crippen LogP contribution in [0.4, 0.5) is 4.79 Å². The second kappa shape index (κ2) is 4.11. The van der Waals surface area contributed by atoms with Gasteiger partial charge in [-0.05, 0) is 30.0 Å². The van der Waals surface area contributed by atoms with Gasteiger partial charge in [-0.1, -0.05) is 0 Å². The Morgan fingerprint density at radius 3 is 2.62 bits per heavy atom. The van der Waals surface area contributed by atoms with E-state index in [2.05, 4.69) is 5.32 Å². The maximum atomic E-state index is 11.2. The average molecular weight is 255 g/mol. The zero-order valence-electron chi connectivity index (χ0n) is 7.72. The van der Waals surface area contributed by atoms with Crippen LogP contribution in [0.3, 0.4) is 0 Å². The third kappa shape index (κ3) is 2.15. The van der Waals surface area contributed by atoms with Gasteiger partial charge in [0.05, 0.1) is 4.91 Å². The molecule has 1 aliphatic rings. The van der Waals surface area contributed by atoms with Crippen molar-refractivity contribution in [3.05, 3.63) is 26.8 Å². The molecule has 0 unspecified atom stereocenters. The summed E-state index contributed by atoms with van der Waals surface area (Å²) in [7, 11) is 0. The molecular formula is C9H5NO4S2. The lowest BCUT2D eigenvalue weighted by atomic mass is 10.4. The molecule has 1 aromatic rings. The Bertz CT molecular complexity index is 517. The predicted octanol–water partition coefficient (Wildman–Crippen LogP) is 1.77. The number of thioether (sulfide) groups is 1. The average Bonchev–Trinajstić information content (AvgIpc) is 2.75. The van der Waals surface area contributed by atoms with Gasteiger partial charge in [-0.2, -0.15) is 0 Å². The van der Waals surface area contributed by atoms with Crippen molar-refractivity contribution in [2.75, 3.05) is 0 Å². The highest BCUT2D eigenvalue weighted by Gasteiger charge is 2.25. The van der Waals surface area contributed by atoms with Crippen molar-refractivity contribution >= 4 is 46.3 Å². The number of hydrogen-bond donors (Lipinski definition) is 2. The largest absolute Gasteiger partial charge is 0.477 e. The molecule has 1 fully saturated rings. The van der Waals surface area contributed by atoms with Crippen molar-refractivity contribution in [1.82, 2.24) is 5.32 Å². The van der Waals surface area contributed by atoms with Crippen LogP contribution in [0.15, 0.2) is 17.0 Å². The van der Waals surface area contributed by atoms with E-state index in [1.54, 1.807) is 6.07 Å². The Morgan fingerprint density at radius 1 is 1.38 bits per heavy atom. The summed E-state index contributed by atoms with van der Waals surface area (Å²) in [6.45, 7) is 0. The molecular weight excluding hydrogens is 250 g/mol. The number of carbonyl (C=O) groups excluding carboxylic acids is 2. The summed E-state index contributed by atoms with van der Waals surface area (Å²) in [5.41, 5.74) is 0. The van der Waals surface area contributed by atoms with Crippen LogP contribution in [0.2, 0.25) is 0 Å². The number of aromatic carboxylic acids is 1. The van der Waals surface area contributed by atoms with Crippen LogP contribution in [0.5, 0.6) is 0 Å². The zero-order chi connectivity index (χ0) is 11.7. The van der Waals surface area contributed by atoms with Gasteiger partial charge in [0.2, 0.25) is 0 Å². The molecule has 16 heavy (non-hydrogen) atoms. The fourth-order valence-corrected chi connectivity index (χ4v) is 2.63. The molecule has 1 aromatic heterocycles. The number of imide groups is 1. The minimum Gasteiger partial charge on any atom is -0.477 e. The normalized spacial score (nSPS) is 17.9. The van der Waals surface area contributed by atoms with Gasteiger partial charge in [0, 0.05) is 4.88 Å². The highest BCUT2D eigenvalue weighted by molar-refractivity contribution is 8.18. The van der Waals surface area contributed by atoms with E-state index in [1.807, 2.05) is 0 Å². The zero-order valence-corrected chi connectivity index (χ0v) is 9.35. The van der Waals surface area contributed by atoms with Gasteiger partial charge in [0.1, 0.15) is 4.88 Å². The molecule has 2 rings (SSSR count). The molecule has 0 bridgehead atoms. The molecule has 0 aromatic carbocycles. The second-order valence-corrected chi connectivity index (χ2v) is 4.99. The SMILES string of the molecule is O=C1NC(=O)C(=Cc2ccc(C(=O)O)s2)S1. The highest BCUT2D eigenvalue weighted by atomic mass is 32.2. The fourth-order valence-electron chi connectivity index (χ4n) is 1.10. The lowest BCUT2D eigenvalue weighted by molar-refractivity contribution is -0.115. The van der Waals surface area contributed by atoms with Crippen LogP contribution >= 0.6 is 23.1 Å². The van der Waals surface area contributed by atoms with E-state index in [0.717, 1.165) is 23.1 Å². The second-order valence-electron chi connectivity index (χ2n) is 2.86. The quantitative estimate of drug-likeness (QED) is 0.787. The lowest BCUT2D eigenvalue weighted by Crippen LogP contribution is -2.17. The lowest BCUT2D eigenvalue weighted by Gasteiger charge is -1.88. The van der Waals surface area contributed by atoms with Gasteiger partial charge in [0.15, 0.2) is 0 Å². The van der Waals surface area contributed by atoms with Gasteiger partial charge in [-0.25, -0.2) is 4.79 Å². The highest BCUT2D eigenvalue weighted by Crippen LogP contribution is 2.28. The van der Waals surface area contributed by atoms with E-state index in [0.29, 0.717) is 4.88 Å². The number of nitrogens with one attached hydrogen (secondary N) is 1. The monoisotopic (exact) mass is 255 g/mol. The van der Waals surface area contributed by atoms with Crippen molar-refractivity contribution in [1.29, 1.82) is 0 Å². The molecule has 0 saturated carbocycles. The summed E-state index contributed by atoms with van der Waals surface area (Å²) in [5.74, 6) is -1.45. The minimum absolute atomic E-state index is 0.196. The van der Waals surface area contributed by atoms with Crippen molar-refractivity contribution in [2.45, 2.75) is 0 Å². The molecule has 0 spiro atoms. The van der Waals surface area contributed by atoms with Crippen molar-refractivity contribution in [2.24, 2.45) is 0 Å². The maximum Gasteiger partial charge on any atom is 0.345 e. The van der Waals surface area contributed by atoms with Gasteiger partial charge in [-0.15, -0.1) is 11.3 Å². The van der Waals surface area contributed by atoms with Gasteiger partial charge < -0.3 is 5.11 Å². The molecule has 7 heteroatoms. The third-order valence-electron chi connectivity index (χ3n) is 1.75. The Balaban J connectivity index is 2.26. The summed E-state index contributed by atoms with van der Waals surface area (Å²) in [6.07, 6.45) is 1.50. The number of carboxylic acids is 1. The first kappa shape index (κ1) is 10.9. The molecule has 2 N–H and O–H groups in total. The molecule has 0 atom stereocenters. The van der Waals surface area contributed by atoms with E-state index >= 15 is 0 Å². The Kier molecular flexibility index (Phi) is 2.80. The van der Waals surface area contributed by atoms with Crippen LogP contribution in [0.1, 0.15) is 14.5 Å². The van der Waals surface area contributed by atoms with Crippen LogP contribution < -0.4 is 5.32 Å². The fraction of sp³-hybridized carbons (Fsp3) is 0. The molecule has 2 heterocycles. The Labute approximate surface area is 98.2 Å². The Morgan fingerprint density at radius 2 is 2.12 bits per heavy atom. The van der Waals surface area contributed by atoms with E-state index in [4.69, 9.17) is 5.11 Å². The van der Waals surface area contributed by atoms with E-state index < -0.39 is 17.1 Å². The number of carboxylic acid groups (broad SMARTS) is 1. The Hall–Kier alpha value is -1.60. The molecule has 82 valence electrons. The van der Waals surface area contributed by atoms with Crippen LogP contribution in [-0.2, 0) is 4.79 Å². The molecule has 0 aliphatic carbocycles. The van der Waals surface area contributed by atoms with Gasteiger partial charge >= 0.3 is 5.97 Å². The molecule has 0 radical (unpaired) electrons. The van der Waals surface area contributed by atoms with Crippen LogP contribution in [-0.4, -0.2) is 22.2 Å². The summed E-state index contributed by atoms with van der Waals surface area (Å²) >= 11 is 1.86. The number of hydrogen-bond acceptors (Lipinski definition) is 5. The topological polar surface area (TPSA) is 83.5 Å². The molecule has 1 saturated heterocycles. The first-order chi connectivity index (χ1) is 7.56. The minimum atomic E-state index is -1.01. The van der Waals surface area contributed by atoms with E-state index in [9.17, 15) is 14.4 Å². The summed E-state index contributed by atoms with van der Waals surface area (Å²) < 4.78 is 0. The third-order valence-corrected chi connectivity index (χ3v) is 3.58. The first-order valence-corrected chi connectivity index (χ1v) is 5.77. The van der Waals surface area contributed by atoms with E-state index in [1.165, 1.54) is 12.1 Å². The van der Waals surface area contributed by atoms with Gasteiger partial charge in [-0.3, -0.25) is 14.9 Å². The first-order valence-electron chi connectivity index (χ1n) is 4.14. The standard InChI is InChI=1S/C9H5NO4S2/c11-7-6(16-9(14)10-7)3-4-1-2-5(15-4)8(12)13/h1-3H,(H,12,13)(H,10,11,14). The molecule has 1 aliphatic heterocycles. The maximum absolute atomic E-state index is 11.2. The number of amides is 2. The smallest absolute Gasteiger partial charge is 0.345 e. The van der Waals surface area contributed by atoms with Crippen LogP contribution in [0, 0.1) is 0 Å². The number of carbonyl (C=O) groups is 3. The summed E-state index contributed by atoms with van der Waals surface area (Å²) in [5, 5.41) is 10.4. The van der Waals surface area contributed by atoms with Crippen LogP contribution in [0.25, 0.3) is 6.08 Å². The van der Waals surface area contributed by atoms with Crippen molar-refractivity contribution < 1.29 is 19.5 Å². The van der Waals surface area contributed by atoms with Crippen molar-refractivity contribution in [3.63, 3.8) is 0 Å². The summed E-state index contributed by atoms with van der Waals surface area (Å²) in [6, 6.07) is 3.05. The summed E-state index contributed by atoms with van der Waals surface area (Å²) in [4.78, 5) is 33.8. The van der Waals surface area contributed by atoms with Crippen molar-refractivity contribution in [3.8, 4) is 0 Å². The van der Waals surface area contributed by atoms with E-state index in [-0.39, 0.29) is 9.78 Å². The number of thiophene rings is 1. The van der Waals surface area contributed by atoms with Gasteiger partial charge in [0.25, 0.3) is 11.1 Å². The molecule has 2 amide bonds. The molecule has 5 nitrogen and oxygen atoms in total.